The number of alkyl halides is 2. The molecular formula is C26H21F2NO5S2. The van der Waals surface area contributed by atoms with Crippen molar-refractivity contribution in [1.29, 1.82) is 0 Å². The highest BCUT2D eigenvalue weighted by Gasteiger charge is 2.24. The number of thiol groups is 1. The summed E-state index contributed by atoms with van der Waals surface area (Å²) in [5, 5.41) is -0.447. The number of rotatable bonds is 8. The molecule has 0 spiro atoms. The zero-order valence-electron chi connectivity index (χ0n) is 18.9. The summed E-state index contributed by atoms with van der Waals surface area (Å²) < 4.78 is 61.5. The molecule has 1 amide bonds. The number of hydrogen-bond donors (Lipinski definition) is 2. The Bertz CT molecular complexity index is 1450. The van der Waals surface area contributed by atoms with Crippen LogP contribution in [0.5, 0.6) is 5.75 Å². The van der Waals surface area contributed by atoms with E-state index >= 15 is 0 Å². The van der Waals surface area contributed by atoms with Gasteiger partial charge in [-0.1, -0.05) is 54.6 Å². The molecule has 1 atom stereocenters. The second-order valence-corrected chi connectivity index (χ2v) is 10.00. The maximum absolute atomic E-state index is 12.6. The van der Waals surface area contributed by atoms with Crippen LogP contribution < -0.4 is 9.46 Å². The summed E-state index contributed by atoms with van der Waals surface area (Å²) >= 11 is 4.67. The van der Waals surface area contributed by atoms with E-state index in [4.69, 9.17) is 4.42 Å². The van der Waals surface area contributed by atoms with Crippen LogP contribution in [0.4, 0.5) is 8.78 Å². The Labute approximate surface area is 212 Å². The quantitative estimate of drug-likeness (QED) is 0.274. The number of sulfonamides is 1. The SMILES string of the molecule is Cc1oc(C(=O)NS(=O)(=O)c2ccccc2)cc1C(S)c1ccc(-c2ccc(OC(F)F)cc2)cc1. The Morgan fingerprint density at radius 2 is 1.53 bits per heavy atom. The highest BCUT2D eigenvalue weighted by atomic mass is 32.2. The summed E-state index contributed by atoms with van der Waals surface area (Å²) in [4.78, 5) is 12.5. The van der Waals surface area contributed by atoms with Gasteiger partial charge in [-0.3, -0.25) is 4.79 Å². The van der Waals surface area contributed by atoms with Crippen molar-refractivity contribution in [2.75, 3.05) is 0 Å². The van der Waals surface area contributed by atoms with Crippen molar-refractivity contribution in [2.24, 2.45) is 0 Å². The topological polar surface area (TPSA) is 85.6 Å². The molecule has 0 saturated carbocycles. The molecule has 6 nitrogen and oxygen atoms in total. The van der Waals surface area contributed by atoms with Gasteiger partial charge >= 0.3 is 12.5 Å². The van der Waals surface area contributed by atoms with Gasteiger partial charge in [0.05, 0.1) is 10.1 Å². The molecule has 0 aliphatic rings. The minimum Gasteiger partial charge on any atom is -0.456 e. The summed E-state index contributed by atoms with van der Waals surface area (Å²) in [5.74, 6) is -0.532. The summed E-state index contributed by atoms with van der Waals surface area (Å²) in [7, 11) is -4.05. The van der Waals surface area contributed by atoms with Crippen LogP contribution in [0, 0.1) is 6.92 Å². The van der Waals surface area contributed by atoms with E-state index in [2.05, 4.69) is 17.4 Å². The third kappa shape index (κ3) is 5.77. The maximum atomic E-state index is 12.6. The zero-order valence-corrected chi connectivity index (χ0v) is 20.6. The van der Waals surface area contributed by atoms with Crippen LogP contribution in [0.25, 0.3) is 11.1 Å². The molecule has 4 aromatic rings. The van der Waals surface area contributed by atoms with Gasteiger partial charge in [0.25, 0.3) is 10.0 Å². The first-order valence-electron chi connectivity index (χ1n) is 10.7. The molecule has 36 heavy (non-hydrogen) atoms. The fourth-order valence-corrected chi connectivity index (χ4v) is 4.98. The number of nitrogens with one attached hydrogen (secondary N) is 1. The first-order chi connectivity index (χ1) is 17.1. The van der Waals surface area contributed by atoms with Crippen molar-refractivity contribution in [2.45, 2.75) is 23.7 Å². The molecular weight excluding hydrogens is 508 g/mol. The zero-order chi connectivity index (χ0) is 25.9. The largest absolute Gasteiger partial charge is 0.456 e. The van der Waals surface area contributed by atoms with Crippen molar-refractivity contribution in [3.63, 3.8) is 0 Å². The van der Waals surface area contributed by atoms with Gasteiger partial charge in [0.1, 0.15) is 11.5 Å². The number of halogens is 2. The monoisotopic (exact) mass is 529 g/mol. The van der Waals surface area contributed by atoms with Crippen LogP contribution in [0.3, 0.4) is 0 Å². The predicted molar refractivity (Wildman–Crippen MR) is 134 cm³/mol. The Balaban J connectivity index is 1.49. The van der Waals surface area contributed by atoms with Gasteiger partial charge in [-0.05, 0) is 53.9 Å². The smallest absolute Gasteiger partial charge is 0.387 e. The van der Waals surface area contributed by atoms with Gasteiger partial charge in [-0.15, -0.1) is 0 Å². The lowest BCUT2D eigenvalue weighted by Crippen LogP contribution is -2.30. The first-order valence-corrected chi connectivity index (χ1v) is 12.7. The van der Waals surface area contributed by atoms with Gasteiger partial charge in [0, 0.05) is 5.56 Å². The number of ether oxygens (including phenoxy) is 1. The number of aryl methyl sites for hydroxylation is 1. The van der Waals surface area contributed by atoms with Crippen molar-refractivity contribution in [1.82, 2.24) is 4.72 Å². The Morgan fingerprint density at radius 1 is 0.944 bits per heavy atom. The second-order valence-electron chi connectivity index (χ2n) is 7.80. The number of amides is 1. The fraction of sp³-hybridized carbons (Fsp3) is 0.115. The molecule has 0 bridgehead atoms. The van der Waals surface area contributed by atoms with Crippen LogP contribution in [0.1, 0.15) is 32.7 Å². The van der Waals surface area contributed by atoms with Gasteiger partial charge < -0.3 is 9.15 Å². The third-order valence-corrected chi connectivity index (χ3v) is 7.32. The van der Waals surface area contributed by atoms with E-state index in [0.29, 0.717) is 11.3 Å². The van der Waals surface area contributed by atoms with Crippen molar-refractivity contribution >= 4 is 28.6 Å². The van der Waals surface area contributed by atoms with E-state index < -0.39 is 27.8 Å². The number of carbonyl (C=O) groups is 1. The van der Waals surface area contributed by atoms with Gasteiger partial charge in [-0.25, -0.2) is 13.1 Å². The van der Waals surface area contributed by atoms with E-state index in [1.165, 1.54) is 30.3 Å². The molecule has 186 valence electrons. The molecule has 3 aromatic carbocycles. The second kappa shape index (κ2) is 10.5. The highest BCUT2D eigenvalue weighted by molar-refractivity contribution is 7.90. The third-order valence-electron chi connectivity index (χ3n) is 5.39. The standard InChI is InChI=1S/C26H21F2NO5S2/c1-16-22(15-23(33-16)25(30)29-36(31,32)21-5-3-2-4-6-21)24(35)19-9-7-17(8-10-19)18-11-13-20(14-12-18)34-26(27)28/h2-15,24,26,35H,1H3,(H,29,30). The minimum atomic E-state index is -4.05. The van der Waals surface area contributed by atoms with Crippen molar-refractivity contribution < 1.29 is 31.1 Å². The fourth-order valence-electron chi connectivity index (χ4n) is 3.58. The van der Waals surface area contributed by atoms with Crippen molar-refractivity contribution in [3.05, 3.63) is 108 Å². The molecule has 0 aliphatic heterocycles. The molecule has 0 aliphatic carbocycles. The lowest BCUT2D eigenvalue weighted by atomic mass is 10.00. The highest BCUT2D eigenvalue weighted by Crippen LogP contribution is 2.34. The van der Waals surface area contributed by atoms with Crippen LogP contribution in [-0.2, 0) is 10.0 Å². The maximum Gasteiger partial charge on any atom is 0.387 e. The molecule has 1 unspecified atom stereocenters. The van der Waals surface area contributed by atoms with Gasteiger partial charge in [-0.2, -0.15) is 21.4 Å². The van der Waals surface area contributed by atoms with Crippen LogP contribution in [0.2, 0.25) is 0 Å². The molecule has 4 rings (SSSR count). The summed E-state index contributed by atoms with van der Waals surface area (Å²) in [6.07, 6.45) is 0. The van der Waals surface area contributed by atoms with E-state index in [1.54, 1.807) is 37.3 Å². The molecule has 0 fully saturated rings. The van der Waals surface area contributed by atoms with E-state index in [-0.39, 0.29) is 16.4 Å². The Morgan fingerprint density at radius 3 is 2.11 bits per heavy atom. The van der Waals surface area contributed by atoms with Gasteiger partial charge in [0.2, 0.25) is 0 Å². The van der Waals surface area contributed by atoms with Crippen LogP contribution in [-0.4, -0.2) is 20.9 Å². The number of hydrogen-bond acceptors (Lipinski definition) is 6. The van der Waals surface area contributed by atoms with Crippen LogP contribution >= 0.6 is 12.6 Å². The lowest BCUT2D eigenvalue weighted by Gasteiger charge is -2.11. The first kappa shape index (κ1) is 25.5. The molecule has 1 aromatic heterocycles. The number of carbonyl (C=O) groups excluding carboxylic acids is 1. The molecule has 10 heteroatoms. The number of furan rings is 1. The van der Waals surface area contributed by atoms with Crippen LogP contribution in [0.15, 0.2) is 94.2 Å². The van der Waals surface area contributed by atoms with Crippen molar-refractivity contribution in [3.8, 4) is 16.9 Å². The summed E-state index contributed by atoms with van der Waals surface area (Å²) in [6.45, 7) is -1.22. The summed E-state index contributed by atoms with van der Waals surface area (Å²) in [6, 6.07) is 22.7. The average Bonchev–Trinajstić information content (AvgIpc) is 3.26. The molecule has 1 heterocycles. The predicted octanol–water partition coefficient (Wildman–Crippen LogP) is 5.99. The van der Waals surface area contributed by atoms with E-state index in [1.807, 2.05) is 29.0 Å². The van der Waals surface area contributed by atoms with E-state index in [0.717, 1.165) is 16.7 Å². The minimum absolute atomic E-state index is 0.0369. The van der Waals surface area contributed by atoms with Gasteiger partial charge in [0.15, 0.2) is 5.76 Å². The normalized spacial score (nSPS) is 12.4. The molecule has 1 N–H and O–H groups in total. The number of benzene rings is 3. The molecule has 0 radical (unpaired) electrons. The Kier molecular flexibility index (Phi) is 7.46. The van der Waals surface area contributed by atoms with E-state index in [9.17, 15) is 22.0 Å². The summed E-state index contributed by atoms with van der Waals surface area (Å²) in [5.41, 5.74) is 3.10. The Hall–Kier alpha value is -3.63. The molecule has 0 saturated heterocycles. The lowest BCUT2D eigenvalue weighted by molar-refractivity contribution is -0.0498. The average molecular weight is 530 g/mol.